The van der Waals surface area contributed by atoms with Crippen molar-refractivity contribution in [3.05, 3.63) is 18.2 Å². The molecule has 1 aromatic carbocycles. The molecular formula is C13H19NO3. The van der Waals surface area contributed by atoms with Crippen molar-refractivity contribution in [2.45, 2.75) is 12.8 Å². The van der Waals surface area contributed by atoms with Crippen LogP contribution in [0, 0.1) is 5.92 Å². The van der Waals surface area contributed by atoms with Crippen molar-refractivity contribution in [3.63, 3.8) is 0 Å². The lowest BCUT2D eigenvalue weighted by Crippen LogP contribution is -2.21. The number of ether oxygens (including phenoxy) is 3. The predicted molar refractivity (Wildman–Crippen MR) is 66.4 cm³/mol. The van der Waals surface area contributed by atoms with Gasteiger partial charge in [0.15, 0.2) is 0 Å². The Morgan fingerprint density at radius 3 is 2.65 bits per heavy atom. The molecule has 0 bridgehead atoms. The van der Waals surface area contributed by atoms with Gasteiger partial charge in [-0.1, -0.05) is 0 Å². The molecule has 0 unspecified atom stereocenters. The summed E-state index contributed by atoms with van der Waals surface area (Å²) in [7, 11) is 1.62. The van der Waals surface area contributed by atoms with Gasteiger partial charge in [0.05, 0.1) is 13.7 Å². The van der Waals surface area contributed by atoms with Crippen molar-refractivity contribution in [3.8, 4) is 11.5 Å². The van der Waals surface area contributed by atoms with E-state index in [2.05, 4.69) is 0 Å². The molecule has 0 aromatic heterocycles. The van der Waals surface area contributed by atoms with Crippen molar-refractivity contribution < 1.29 is 14.2 Å². The summed E-state index contributed by atoms with van der Waals surface area (Å²) in [6, 6.07) is 5.46. The van der Waals surface area contributed by atoms with Gasteiger partial charge in [-0.05, 0) is 18.8 Å². The molecule has 0 amide bonds. The molecule has 4 heteroatoms. The number of methoxy groups -OCH3 is 1. The largest absolute Gasteiger partial charge is 0.497 e. The highest BCUT2D eigenvalue weighted by Gasteiger charge is 2.14. The molecule has 1 aromatic rings. The number of hydrogen-bond donors (Lipinski definition) is 1. The van der Waals surface area contributed by atoms with E-state index in [1.54, 1.807) is 13.2 Å². The third-order valence-electron chi connectivity index (χ3n) is 2.96. The molecule has 1 heterocycles. The van der Waals surface area contributed by atoms with Gasteiger partial charge in [-0.2, -0.15) is 0 Å². The zero-order valence-electron chi connectivity index (χ0n) is 10.1. The molecule has 2 rings (SSSR count). The molecule has 94 valence electrons. The Morgan fingerprint density at radius 2 is 1.94 bits per heavy atom. The fourth-order valence-electron chi connectivity index (χ4n) is 1.92. The third-order valence-corrected chi connectivity index (χ3v) is 2.96. The first kappa shape index (κ1) is 12.0. The van der Waals surface area contributed by atoms with Crippen LogP contribution in [0.1, 0.15) is 12.8 Å². The Kier molecular flexibility index (Phi) is 4.09. The minimum absolute atomic E-state index is 0.580. The fourth-order valence-corrected chi connectivity index (χ4v) is 1.92. The Hall–Kier alpha value is -1.42. The molecule has 4 nitrogen and oxygen atoms in total. The Morgan fingerprint density at radius 1 is 1.24 bits per heavy atom. The summed E-state index contributed by atoms with van der Waals surface area (Å²) < 4.78 is 16.2. The van der Waals surface area contributed by atoms with Crippen LogP contribution in [0.25, 0.3) is 0 Å². The number of anilines is 1. The highest BCUT2D eigenvalue weighted by molar-refractivity contribution is 5.50. The molecule has 0 saturated carbocycles. The zero-order valence-corrected chi connectivity index (χ0v) is 10.1. The van der Waals surface area contributed by atoms with Crippen molar-refractivity contribution in [1.29, 1.82) is 0 Å². The van der Waals surface area contributed by atoms with Gasteiger partial charge in [0.2, 0.25) is 0 Å². The average molecular weight is 237 g/mol. The maximum atomic E-state index is 5.76. The first-order valence-electron chi connectivity index (χ1n) is 5.93. The highest BCUT2D eigenvalue weighted by atomic mass is 16.5. The Labute approximate surface area is 102 Å². The van der Waals surface area contributed by atoms with Crippen LogP contribution in [-0.4, -0.2) is 26.9 Å². The first-order chi connectivity index (χ1) is 8.28. The minimum atomic E-state index is 0.580. The molecule has 0 spiro atoms. The van der Waals surface area contributed by atoms with E-state index in [9.17, 15) is 0 Å². The third kappa shape index (κ3) is 3.53. The average Bonchev–Trinajstić information content (AvgIpc) is 2.37. The van der Waals surface area contributed by atoms with Gasteiger partial charge >= 0.3 is 0 Å². The van der Waals surface area contributed by atoms with Crippen LogP contribution in [0.4, 0.5) is 5.69 Å². The molecular weight excluding hydrogens is 218 g/mol. The summed E-state index contributed by atoms with van der Waals surface area (Å²) in [5, 5.41) is 0. The molecule has 2 N–H and O–H groups in total. The number of nitrogens with two attached hydrogens (primary N) is 1. The van der Waals surface area contributed by atoms with E-state index in [-0.39, 0.29) is 0 Å². The lowest BCUT2D eigenvalue weighted by atomic mass is 10.0. The summed E-state index contributed by atoms with van der Waals surface area (Å²) in [4.78, 5) is 0. The van der Waals surface area contributed by atoms with Gasteiger partial charge in [-0.25, -0.2) is 0 Å². The monoisotopic (exact) mass is 237 g/mol. The number of nitrogen functional groups attached to an aromatic ring is 1. The molecule has 1 fully saturated rings. The molecule has 0 aliphatic carbocycles. The molecule has 1 saturated heterocycles. The van der Waals surface area contributed by atoms with E-state index in [4.69, 9.17) is 19.9 Å². The fraction of sp³-hybridized carbons (Fsp3) is 0.538. The van der Waals surface area contributed by atoms with Crippen molar-refractivity contribution in [2.24, 2.45) is 5.92 Å². The summed E-state index contributed by atoms with van der Waals surface area (Å²) >= 11 is 0. The highest BCUT2D eigenvalue weighted by Crippen LogP contribution is 2.25. The summed E-state index contributed by atoms with van der Waals surface area (Å²) in [5.74, 6) is 2.08. The van der Waals surface area contributed by atoms with Gasteiger partial charge in [-0.3, -0.25) is 0 Å². The van der Waals surface area contributed by atoms with Crippen LogP contribution in [0.15, 0.2) is 18.2 Å². The maximum absolute atomic E-state index is 5.76. The quantitative estimate of drug-likeness (QED) is 0.815. The van der Waals surface area contributed by atoms with Crippen molar-refractivity contribution in [2.75, 3.05) is 32.7 Å². The second kappa shape index (κ2) is 5.77. The molecule has 17 heavy (non-hydrogen) atoms. The number of hydrogen-bond acceptors (Lipinski definition) is 4. The second-order valence-corrected chi connectivity index (χ2v) is 4.31. The van der Waals surface area contributed by atoms with Gasteiger partial charge in [0.25, 0.3) is 0 Å². The van der Waals surface area contributed by atoms with E-state index in [0.29, 0.717) is 11.6 Å². The van der Waals surface area contributed by atoms with Crippen LogP contribution in [0.3, 0.4) is 0 Å². The van der Waals surface area contributed by atoms with Gasteiger partial charge in [-0.15, -0.1) is 0 Å². The van der Waals surface area contributed by atoms with Gasteiger partial charge < -0.3 is 19.9 Å². The van der Waals surface area contributed by atoms with E-state index >= 15 is 0 Å². The molecule has 1 aliphatic rings. The summed E-state index contributed by atoms with van der Waals surface area (Å²) in [5.41, 5.74) is 6.42. The molecule has 1 aliphatic heterocycles. The van der Waals surface area contributed by atoms with E-state index < -0.39 is 0 Å². The normalized spacial score (nSPS) is 16.8. The maximum Gasteiger partial charge on any atom is 0.125 e. The number of benzene rings is 1. The van der Waals surface area contributed by atoms with Crippen LogP contribution >= 0.6 is 0 Å². The lowest BCUT2D eigenvalue weighted by Gasteiger charge is -2.22. The Balaban J connectivity index is 1.91. The predicted octanol–water partition coefficient (Wildman–Crippen LogP) is 2.08. The van der Waals surface area contributed by atoms with Crippen LogP contribution < -0.4 is 15.2 Å². The summed E-state index contributed by atoms with van der Waals surface area (Å²) in [6.45, 7) is 2.40. The van der Waals surface area contributed by atoms with Crippen LogP contribution in [-0.2, 0) is 4.74 Å². The van der Waals surface area contributed by atoms with E-state index in [1.165, 1.54) is 0 Å². The summed E-state index contributed by atoms with van der Waals surface area (Å²) in [6.07, 6.45) is 2.14. The molecule has 0 atom stereocenters. The topological polar surface area (TPSA) is 53.7 Å². The van der Waals surface area contributed by atoms with Crippen molar-refractivity contribution >= 4 is 5.69 Å². The smallest absolute Gasteiger partial charge is 0.125 e. The Bertz CT molecular complexity index is 362. The number of rotatable bonds is 4. The van der Waals surface area contributed by atoms with Crippen molar-refractivity contribution in [1.82, 2.24) is 0 Å². The first-order valence-corrected chi connectivity index (χ1v) is 5.93. The second-order valence-electron chi connectivity index (χ2n) is 4.31. The molecule has 0 radical (unpaired) electrons. The van der Waals surface area contributed by atoms with Gasteiger partial charge in [0.1, 0.15) is 11.5 Å². The minimum Gasteiger partial charge on any atom is -0.497 e. The van der Waals surface area contributed by atoms with E-state index in [1.807, 2.05) is 12.1 Å². The van der Waals surface area contributed by atoms with E-state index in [0.717, 1.165) is 44.2 Å². The van der Waals surface area contributed by atoms with Gasteiger partial charge in [0, 0.05) is 37.1 Å². The zero-order chi connectivity index (χ0) is 12.1. The lowest BCUT2D eigenvalue weighted by molar-refractivity contribution is 0.0497. The van der Waals surface area contributed by atoms with Crippen LogP contribution in [0.2, 0.25) is 0 Å². The van der Waals surface area contributed by atoms with Crippen LogP contribution in [0.5, 0.6) is 11.5 Å². The SMILES string of the molecule is COc1cc(N)cc(OCC2CCOCC2)c1. The standard InChI is InChI=1S/C13H19NO3/c1-15-12-6-11(14)7-13(8-12)17-9-10-2-4-16-5-3-10/h6-8,10H,2-5,9,14H2,1H3.